The van der Waals surface area contributed by atoms with Crippen LogP contribution in [0.3, 0.4) is 0 Å². The first-order chi connectivity index (χ1) is 8.85. The minimum absolute atomic E-state index is 0.0829. The number of methoxy groups -OCH3 is 1. The summed E-state index contributed by atoms with van der Waals surface area (Å²) in [4.78, 5) is 0. The minimum Gasteiger partial charge on any atom is -0.496 e. The number of halogens is 1. The highest BCUT2D eigenvalue weighted by Gasteiger charge is 2.15. The van der Waals surface area contributed by atoms with Gasteiger partial charge in [0.25, 0.3) is 0 Å². The van der Waals surface area contributed by atoms with Crippen molar-refractivity contribution in [3.8, 4) is 5.75 Å². The molecule has 19 heavy (non-hydrogen) atoms. The van der Waals surface area contributed by atoms with Crippen molar-refractivity contribution in [2.45, 2.75) is 38.8 Å². The smallest absolute Gasteiger partial charge is 0.133 e. The van der Waals surface area contributed by atoms with Gasteiger partial charge in [-0.3, -0.25) is 11.3 Å². The first kappa shape index (κ1) is 16.4. The molecule has 108 valence electrons. The molecule has 1 aromatic carbocycles. The molecule has 1 aromatic rings. The third kappa shape index (κ3) is 5.91. The standard InChI is InChI=1S/C14H23BrN2O2/c1-14(2,3)19-9-11(17-16)7-10-5-6-13(18-4)12(15)8-10/h5-6,8,11,17H,7,9,16H2,1-4H3. The molecule has 0 aliphatic carbocycles. The minimum atomic E-state index is -0.157. The monoisotopic (exact) mass is 330 g/mol. The van der Waals surface area contributed by atoms with E-state index in [1.165, 1.54) is 5.56 Å². The van der Waals surface area contributed by atoms with Crippen LogP contribution in [-0.4, -0.2) is 25.4 Å². The van der Waals surface area contributed by atoms with Gasteiger partial charge in [0.05, 0.1) is 23.8 Å². The molecule has 0 fully saturated rings. The van der Waals surface area contributed by atoms with Crippen LogP contribution in [0.25, 0.3) is 0 Å². The van der Waals surface area contributed by atoms with E-state index in [4.69, 9.17) is 15.3 Å². The summed E-state index contributed by atoms with van der Waals surface area (Å²) in [6.07, 6.45) is 0.801. The number of nitrogens with two attached hydrogens (primary N) is 1. The maximum absolute atomic E-state index is 5.75. The molecule has 0 bridgehead atoms. The Labute approximate surface area is 123 Å². The van der Waals surface area contributed by atoms with Crippen molar-refractivity contribution in [1.29, 1.82) is 0 Å². The second-order valence-corrected chi connectivity index (χ2v) is 6.31. The topological polar surface area (TPSA) is 56.5 Å². The lowest BCUT2D eigenvalue weighted by Gasteiger charge is -2.24. The van der Waals surface area contributed by atoms with E-state index < -0.39 is 0 Å². The summed E-state index contributed by atoms with van der Waals surface area (Å²) >= 11 is 3.48. The largest absolute Gasteiger partial charge is 0.496 e. The van der Waals surface area contributed by atoms with Gasteiger partial charge in [-0.25, -0.2) is 0 Å². The molecule has 0 radical (unpaired) electrons. The summed E-state index contributed by atoms with van der Waals surface area (Å²) in [5, 5.41) is 0. The van der Waals surface area contributed by atoms with Crippen LogP contribution in [-0.2, 0) is 11.2 Å². The van der Waals surface area contributed by atoms with Crippen molar-refractivity contribution in [3.05, 3.63) is 28.2 Å². The zero-order valence-corrected chi connectivity index (χ0v) is 13.6. The Bertz CT molecular complexity index is 405. The molecule has 0 spiro atoms. The number of hydrazine groups is 1. The summed E-state index contributed by atoms with van der Waals surface area (Å²) < 4.78 is 11.9. The van der Waals surface area contributed by atoms with Crippen LogP contribution in [0.15, 0.2) is 22.7 Å². The summed E-state index contributed by atoms with van der Waals surface area (Å²) in [5.74, 6) is 6.40. The molecule has 0 heterocycles. The van der Waals surface area contributed by atoms with E-state index in [9.17, 15) is 0 Å². The van der Waals surface area contributed by atoms with E-state index in [-0.39, 0.29) is 11.6 Å². The first-order valence-electron chi connectivity index (χ1n) is 6.28. The van der Waals surface area contributed by atoms with Crippen molar-refractivity contribution in [2.75, 3.05) is 13.7 Å². The Balaban J connectivity index is 2.63. The van der Waals surface area contributed by atoms with Crippen LogP contribution in [0.2, 0.25) is 0 Å². The van der Waals surface area contributed by atoms with Crippen molar-refractivity contribution >= 4 is 15.9 Å². The molecule has 0 aliphatic heterocycles. The number of hydrogen-bond donors (Lipinski definition) is 2. The Kier molecular flexibility index (Phi) is 6.26. The third-order valence-electron chi connectivity index (χ3n) is 2.65. The fraction of sp³-hybridized carbons (Fsp3) is 0.571. The maximum atomic E-state index is 5.75. The van der Waals surface area contributed by atoms with E-state index in [0.717, 1.165) is 16.6 Å². The van der Waals surface area contributed by atoms with Crippen molar-refractivity contribution in [1.82, 2.24) is 5.43 Å². The van der Waals surface area contributed by atoms with Crippen LogP contribution in [0, 0.1) is 0 Å². The molecule has 0 aromatic heterocycles. The first-order valence-corrected chi connectivity index (χ1v) is 7.07. The second-order valence-electron chi connectivity index (χ2n) is 5.46. The normalized spacial score (nSPS) is 13.4. The summed E-state index contributed by atoms with van der Waals surface area (Å²) in [7, 11) is 1.65. The third-order valence-corrected chi connectivity index (χ3v) is 3.27. The van der Waals surface area contributed by atoms with Gasteiger partial charge in [0.15, 0.2) is 0 Å². The highest BCUT2D eigenvalue weighted by Crippen LogP contribution is 2.26. The zero-order chi connectivity index (χ0) is 14.5. The number of hydrogen-bond acceptors (Lipinski definition) is 4. The van der Waals surface area contributed by atoms with Crippen LogP contribution in [0.5, 0.6) is 5.75 Å². The highest BCUT2D eigenvalue weighted by atomic mass is 79.9. The van der Waals surface area contributed by atoms with Crippen LogP contribution in [0.1, 0.15) is 26.3 Å². The van der Waals surface area contributed by atoms with Crippen molar-refractivity contribution in [3.63, 3.8) is 0 Å². The van der Waals surface area contributed by atoms with Gasteiger partial charge in [0, 0.05) is 6.04 Å². The van der Waals surface area contributed by atoms with Gasteiger partial charge < -0.3 is 9.47 Å². The fourth-order valence-electron chi connectivity index (χ4n) is 1.64. The van der Waals surface area contributed by atoms with Crippen LogP contribution < -0.4 is 16.0 Å². The van der Waals surface area contributed by atoms with Gasteiger partial charge in [-0.1, -0.05) is 6.07 Å². The van der Waals surface area contributed by atoms with Gasteiger partial charge >= 0.3 is 0 Å². The second kappa shape index (κ2) is 7.24. The molecule has 1 atom stereocenters. The summed E-state index contributed by atoms with van der Waals surface area (Å²) in [6.45, 7) is 6.67. The molecule has 1 unspecified atom stereocenters. The molecule has 0 saturated carbocycles. The molecular formula is C14H23BrN2O2. The Morgan fingerprint density at radius 1 is 1.37 bits per heavy atom. The van der Waals surface area contributed by atoms with Crippen LogP contribution in [0.4, 0.5) is 0 Å². The number of benzene rings is 1. The molecule has 3 N–H and O–H groups in total. The molecule has 0 amide bonds. The average molecular weight is 331 g/mol. The van der Waals surface area contributed by atoms with Gasteiger partial charge in [-0.05, 0) is 60.8 Å². The summed E-state index contributed by atoms with van der Waals surface area (Å²) in [6, 6.07) is 6.10. The Morgan fingerprint density at radius 2 is 2.05 bits per heavy atom. The van der Waals surface area contributed by atoms with E-state index in [0.29, 0.717) is 6.61 Å². The average Bonchev–Trinajstić information content (AvgIpc) is 2.33. The maximum Gasteiger partial charge on any atom is 0.133 e. The highest BCUT2D eigenvalue weighted by molar-refractivity contribution is 9.10. The molecule has 0 saturated heterocycles. The van der Waals surface area contributed by atoms with Gasteiger partial charge in [0.1, 0.15) is 5.75 Å². The van der Waals surface area contributed by atoms with Crippen molar-refractivity contribution in [2.24, 2.45) is 5.84 Å². The SMILES string of the molecule is COc1ccc(CC(COC(C)(C)C)NN)cc1Br. The van der Waals surface area contributed by atoms with E-state index in [1.807, 2.05) is 39.0 Å². The molecule has 5 heteroatoms. The molecular weight excluding hydrogens is 308 g/mol. The van der Waals surface area contributed by atoms with Crippen LogP contribution >= 0.6 is 15.9 Å². The van der Waals surface area contributed by atoms with E-state index >= 15 is 0 Å². The lowest BCUT2D eigenvalue weighted by Crippen LogP contribution is -2.42. The lowest BCUT2D eigenvalue weighted by atomic mass is 10.1. The lowest BCUT2D eigenvalue weighted by molar-refractivity contribution is -0.0143. The van der Waals surface area contributed by atoms with Crippen molar-refractivity contribution < 1.29 is 9.47 Å². The molecule has 0 aliphatic rings. The van der Waals surface area contributed by atoms with E-state index in [1.54, 1.807) is 7.11 Å². The molecule has 1 rings (SSSR count). The van der Waals surface area contributed by atoms with E-state index in [2.05, 4.69) is 21.4 Å². The quantitative estimate of drug-likeness (QED) is 0.622. The Morgan fingerprint density at radius 3 is 2.53 bits per heavy atom. The number of rotatable bonds is 6. The van der Waals surface area contributed by atoms with Gasteiger partial charge in [0.2, 0.25) is 0 Å². The summed E-state index contributed by atoms with van der Waals surface area (Å²) in [5.41, 5.74) is 3.82. The zero-order valence-electron chi connectivity index (χ0n) is 12.0. The Hall–Kier alpha value is -0.620. The number of ether oxygens (including phenoxy) is 2. The predicted octanol–water partition coefficient (Wildman–Crippen LogP) is 2.65. The van der Waals surface area contributed by atoms with Gasteiger partial charge in [-0.2, -0.15) is 0 Å². The number of nitrogens with one attached hydrogen (secondary N) is 1. The molecule has 4 nitrogen and oxygen atoms in total. The van der Waals surface area contributed by atoms with Gasteiger partial charge in [-0.15, -0.1) is 0 Å². The predicted molar refractivity (Wildman–Crippen MR) is 81.2 cm³/mol. The fourth-order valence-corrected chi connectivity index (χ4v) is 2.23.